The normalized spacial score (nSPS) is 14.6. The summed E-state index contributed by atoms with van der Waals surface area (Å²) in [5.41, 5.74) is 3.04. The van der Waals surface area contributed by atoms with Crippen LogP contribution < -0.4 is 4.90 Å². The molecule has 0 bridgehead atoms. The molecule has 2 heterocycles. The van der Waals surface area contributed by atoms with Crippen LogP contribution in [-0.2, 0) is 0 Å². The molecule has 0 N–H and O–H groups in total. The molecule has 3 aromatic rings. The highest BCUT2D eigenvalue weighted by Crippen LogP contribution is 2.51. The van der Waals surface area contributed by atoms with E-state index in [0.717, 1.165) is 45.6 Å². The van der Waals surface area contributed by atoms with E-state index in [1.54, 1.807) is 4.90 Å². The summed E-state index contributed by atoms with van der Waals surface area (Å²) in [6.45, 7) is 0. The summed E-state index contributed by atoms with van der Waals surface area (Å²) < 4.78 is 3.97. The molecule has 0 atom stereocenters. The maximum Gasteiger partial charge on any atom is 0.266 e. The van der Waals surface area contributed by atoms with Crippen LogP contribution in [0.5, 0.6) is 0 Å². The highest BCUT2D eigenvalue weighted by molar-refractivity contribution is 9.15. The Morgan fingerprint density at radius 1 is 0.808 bits per heavy atom. The van der Waals surface area contributed by atoms with Gasteiger partial charge in [-0.05, 0) is 97.2 Å². The molecule has 0 aliphatic carbocycles. The van der Waals surface area contributed by atoms with Crippen LogP contribution in [0.25, 0.3) is 10.8 Å². The first-order valence-electron chi connectivity index (χ1n) is 7.42. The second-order valence-electron chi connectivity index (χ2n) is 5.85. The summed E-state index contributed by atoms with van der Waals surface area (Å²) >= 11 is 17.9. The van der Waals surface area contributed by atoms with Crippen molar-refractivity contribution in [3.05, 3.63) is 63.8 Å². The summed E-state index contributed by atoms with van der Waals surface area (Å²) in [7, 11) is 0. The van der Waals surface area contributed by atoms with Crippen LogP contribution in [-0.4, -0.2) is 11.7 Å². The zero-order valence-corrected chi connectivity index (χ0v) is 20.5. The van der Waals surface area contributed by atoms with Gasteiger partial charge in [-0.1, -0.05) is 18.2 Å². The van der Waals surface area contributed by atoms with Crippen LogP contribution in [0, 0.1) is 0 Å². The van der Waals surface area contributed by atoms with E-state index in [2.05, 4.69) is 79.6 Å². The van der Waals surface area contributed by atoms with Crippen LogP contribution in [0.15, 0.2) is 57.7 Å². The first kappa shape index (κ1) is 17.6. The number of halogens is 5. The van der Waals surface area contributed by atoms with E-state index in [4.69, 9.17) is 4.99 Å². The molecule has 2 aliphatic rings. The molecule has 2 aliphatic heterocycles. The molecule has 0 fully saturated rings. The molecule has 8 heteroatoms. The lowest BCUT2D eigenvalue weighted by atomic mass is 10.0. The molecule has 0 aromatic heterocycles. The lowest BCUT2D eigenvalue weighted by molar-refractivity contribution is 0.101. The van der Waals surface area contributed by atoms with E-state index in [0.29, 0.717) is 15.9 Å². The largest absolute Gasteiger partial charge is 0.268 e. The Kier molecular flexibility index (Phi) is 4.03. The quantitative estimate of drug-likeness (QED) is 0.179. The van der Waals surface area contributed by atoms with E-state index >= 15 is 0 Å². The van der Waals surface area contributed by atoms with E-state index in [9.17, 15) is 4.79 Å². The van der Waals surface area contributed by atoms with Crippen LogP contribution in [0.3, 0.4) is 0 Å². The highest BCUT2D eigenvalue weighted by Gasteiger charge is 2.43. The second kappa shape index (κ2) is 5.98. The molecule has 3 aromatic carbocycles. The molecule has 0 unspecified atom stereocenters. The number of amidine groups is 1. The predicted octanol–water partition coefficient (Wildman–Crippen LogP) is 7.70. The number of carbonyl (C=O) groups excluding carboxylic acids is 1. The number of rotatable bonds is 0. The van der Waals surface area contributed by atoms with Gasteiger partial charge in [0.25, 0.3) is 5.91 Å². The van der Waals surface area contributed by atoms with Gasteiger partial charge >= 0.3 is 0 Å². The van der Waals surface area contributed by atoms with Crippen molar-refractivity contribution in [1.29, 1.82) is 0 Å². The summed E-state index contributed by atoms with van der Waals surface area (Å²) in [6, 6.07) is 9.98. The highest BCUT2D eigenvalue weighted by atomic mass is 79.9. The first-order chi connectivity index (χ1) is 12.4. The van der Waals surface area contributed by atoms with Crippen molar-refractivity contribution < 1.29 is 4.79 Å². The van der Waals surface area contributed by atoms with E-state index < -0.39 is 0 Å². The standard InChI is InChI=1S/C18H5Br5N2O/c19-7-5-4-6-2-1-3-8-9(6)16(7)25-17(24-8)10-11(18(25)26)13(21)15(23)14(22)12(10)20/h1-5H. The fourth-order valence-electron chi connectivity index (χ4n) is 3.42. The van der Waals surface area contributed by atoms with Crippen LogP contribution >= 0.6 is 79.6 Å². The van der Waals surface area contributed by atoms with Crippen molar-refractivity contribution in [2.24, 2.45) is 4.99 Å². The SMILES string of the molecule is O=C1c2c(Br)c(Br)c(Br)c(Br)c2C2=Nc3cccc4ccc(Br)c(c34)N12. The van der Waals surface area contributed by atoms with E-state index in [-0.39, 0.29) is 5.91 Å². The lowest BCUT2D eigenvalue weighted by Gasteiger charge is -2.25. The Bertz CT molecular complexity index is 1220. The minimum atomic E-state index is -0.109. The molecule has 0 spiro atoms. The van der Waals surface area contributed by atoms with Gasteiger partial charge in [-0.3, -0.25) is 9.69 Å². The third kappa shape index (κ3) is 2.13. The summed E-state index contributed by atoms with van der Waals surface area (Å²) in [6.07, 6.45) is 0. The number of hydrogen-bond donors (Lipinski definition) is 0. The maximum absolute atomic E-state index is 13.4. The van der Waals surface area contributed by atoms with Crippen molar-refractivity contribution in [3.8, 4) is 0 Å². The van der Waals surface area contributed by atoms with Gasteiger partial charge in [-0.2, -0.15) is 0 Å². The smallest absolute Gasteiger partial charge is 0.266 e. The molecular weight excluding hydrogens is 660 g/mol. The molecule has 26 heavy (non-hydrogen) atoms. The van der Waals surface area contributed by atoms with Crippen LogP contribution in [0.1, 0.15) is 15.9 Å². The minimum Gasteiger partial charge on any atom is -0.268 e. The van der Waals surface area contributed by atoms with Crippen molar-refractivity contribution in [3.63, 3.8) is 0 Å². The third-order valence-electron chi connectivity index (χ3n) is 4.52. The fourth-order valence-corrected chi connectivity index (χ4v) is 6.39. The zero-order valence-electron chi connectivity index (χ0n) is 12.6. The van der Waals surface area contributed by atoms with Gasteiger partial charge in [0.05, 0.1) is 16.9 Å². The number of aliphatic imine (C=N–C) groups is 1. The molecule has 0 saturated heterocycles. The minimum absolute atomic E-state index is 0.109. The van der Waals surface area contributed by atoms with Gasteiger partial charge < -0.3 is 0 Å². The third-order valence-corrected chi connectivity index (χ3v) is 9.92. The van der Waals surface area contributed by atoms with Gasteiger partial charge in [0.1, 0.15) is 5.84 Å². The Hall–Kier alpha value is -0.540. The van der Waals surface area contributed by atoms with Crippen molar-refractivity contribution in [2.75, 3.05) is 4.90 Å². The molecule has 3 nitrogen and oxygen atoms in total. The number of benzene rings is 3. The van der Waals surface area contributed by atoms with Crippen molar-refractivity contribution in [2.45, 2.75) is 0 Å². The number of hydrogen-bond acceptors (Lipinski definition) is 2. The second-order valence-corrected chi connectivity index (χ2v) is 9.88. The summed E-state index contributed by atoms with van der Waals surface area (Å²) in [5, 5.41) is 2.02. The van der Waals surface area contributed by atoms with Gasteiger partial charge in [0, 0.05) is 33.3 Å². The van der Waals surface area contributed by atoms with Gasteiger partial charge in [0.15, 0.2) is 0 Å². The van der Waals surface area contributed by atoms with E-state index in [1.165, 1.54) is 0 Å². The molecule has 1 amide bonds. The number of anilines is 1. The summed E-state index contributed by atoms with van der Waals surface area (Å²) in [4.78, 5) is 19.9. The molecule has 5 rings (SSSR count). The number of nitrogens with zero attached hydrogens (tertiary/aromatic N) is 2. The molecular formula is C18H5Br5N2O. The van der Waals surface area contributed by atoms with E-state index in [1.807, 2.05) is 30.3 Å². The Balaban J connectivity index is 1.95. The van der Waals surface area contributed by atoms with Gasteiger partial charge in [-0.15, -0.1) is 0 Å². The Morgan fingerprint density at radius 2 is 1.50 bits per heavy atom. The number of fused-ring (bicyclic) bond motifs is 4. The monoisotopic (exact) mass is 660 g/mol. The maximum atomic E-state index is 13.4. The Labute approximate surface area is 190 Å². The average Bonchev–Trinajstić information content (AvgIpc) is 2.93. The molecule has 128 valence electrons. The zero-order chi connectivity index (χ0) is 18.3. The van der Waals surface area contributed by atoms with Gasteiger partial charge in [0.2, 0.25) is 0 Å². The van der Waals surface area contributed by atoms with Crippen LogP contribution in [0.2, 0.25) is 0 Å². The van der Waals surface area contributed by atoms with Crippen molar-refractivity contribution in [1.82, 2.24) is 0 Å². The van der Waals surface area contributed by atoms with Crippen LogP contribution in [0.4, 0.5) is 11.4 Å². The fraction of sp³-hybridized carbons (Fsp3) is 0. The average molecular weight is 665 g/mol. The predicted molar refractivity (Wildman–Crippen MR) is 122 cm³/mol. The number of carbonyl (C=O) groups is 1. The molecule has 0 saturated carbocycles. The summed E-state index contributed by atoms with van der Waals surface area (Å²) in [5.74, 6) is 0.514. The lowest BCUT2D eigenvalue weighted by Crippen LogP contribution is -2.32. The number of amides is 1. The Morgan fingerprint density at radius 3 is 2.23 bits per heavy atom. The van der Waals surface area contributed by atoms with Crippen molar-refractivity contribution >= 4 is 114 Å². The molecule has 0 radical (unpaired) electrons. The first-order valence-corrected chi connectivity index (χ1v) is 11.4. The van der Waals surface area contributed by atoms with Gasteiger partial charge in [-0.25, -0.2) is 4.99 Å². The topological polar surface area (TPSA) is 32.7 Å².